The lowest BCUT2D eigenvalue weighted by Gasteiger charge is -2.20. The zero-order chi connectivity index (χ0) is 23.9. The van der Waals surface area contributed by atoms with Gasteiger partial charge in [0.1, 0.15) is 19.0 Å². The van der Waals surface area contributed by atoms with E-state index in [1.165, 1.54) is 24.4 Å². The Bertz CT molecular complexity index is 1510. The minimum Gasteiger partial charge on any atom is -0.486 e. The number of hydrogen-bond donors (Lipinski definition) is 0. The SMILES string of the molecule is CCc1ccc(C(=O)c2cnc3cc4c(cc3c2S(=O)(=O)c2ccc(F)cc2)OCCO4)cc1. The molecule has 0 unspecified atom stereocenters. The lowest BCUT2D eigenvalue weighted by molar-refractivity contribution is 0.103. The molecule has 3 aromatic carbocycles. The smallest absolute Gasteiger partial charge is 0.208 e. The molecule has 34 heavy (non-hydrogen) atoms. The lowest BCUT2D eigenvalue weighted by atomic mass is 10.0. The van der Waals surface area contributed by atoms with E-state index in [9.17, 15) is 17.6 Å². The Balaban J connectivity index is 1.77. The fraction of sp³-hybridized carbons (Fsp3) is 0.154. The number of nitrogens with zero attached hydrogens (tertiary/aromatic N) is 1. The van der Waals surface area contributed by atoms with Gasteiger partial charge in [0.15, 0.2) is 17.3 Å². The van der Waals surface area contributed by atoms with E-state index >= 15 is 0 Å². The number of aromatic nitrogens is 1. The molecule has 1 aliphatic rings. The standard InChI is InChI=1S/C26H20FNO5S/c1-2-16-3-5-17(6-4-16)25(29)21-15-28-22-14-24-23(32-11-12-33-24)13-20(22)26(21)34(30,31)19-9-7-18(27)8-10-19/h3-10,13-15H,2,11-12H2,1H3. The number of sulfone groups is 1. The first-order valence-corrected chi connectivity index (χ1v) is 12.2. The average molecular weight is 478 g/mol. The van der Waals surface area contributed by atoms with Crippen LogP contribution in [0.15, 0.2) is 76.7 Å². The minimum absolute atomic E-state index is 0.0715. The highest BCUT2D eigenvalue weighted by atomic mass is 32.2. The predicted octanol–water partition coefficient (Wildman–Crippen LogP) is 4.77. The monoisotopic (exact) mass is 477 g/mol. The van der Waals surface area contributed by atoms with Crippen molar-refractivity contribution < 1.29 is 27.1 Å². The number of pyridine rings is 1. The Kier molecular flexibility index (Phi) is 5.53. The molecule has 0 saturated carbocycles. The zero-order valence-electron chi connectivity index (χ0n) is 18.2. The molecule has 8 heteroatoms. The molecule has 0 aliphatic carbocycles. The van der Waals surface area contributed by atoms with Crippen LogP contribution in [0.2, 0.25) is 0 Å². The van der Waals surface area contributed by atoms with Gasteiger partial charge >= 0.3 is 0 Å². The first kappa shape index (κ1) is 22.0. The van der Waals surface area contributed by atoms with Gasteiger partial charge in [-0.3, -0.25) is 9.78 Å². The van der Waals surface area contributed by atoms with Gasteiger partial charge < -0.3 is 9.47 Å². The number of aryl methyl sites for hydroxylation is 1. The van der Waals surface area contributed by atoms with Gasteiger partial charge in [0.25, 0.3) is 0 Å². The summed E-state index contributed by atoms with van der Waals surface area (Å²) < 4.78 is 52.4. The molecule has 0 atom stereocenters. The summed E-state index contributed by atoms with van der Waals surface area (Å²) in [6.07, 6.45) is 2.08. The van der Waals surface area contributed by atoms with E-state index in [2.05, 4.69) is 4.98 Å². The summed E-state index contributed by atoms with van der Waals surface area (Å²) in [6, 6.07) is 14.6. The summed E-state index contributed by atoms with van der Waals surface area (Å²) in [7, 11) is -4.23. The highest BCUT2D eigenvalue weighted by molar-refractivity contribution is 7.91. The molecule has 0 bridgehead atoms. The largest absolute Gasteiger partial charge is 0.486 e. The van der Waals surface area contributed by atoms with Crippen LogP contribution in [0.4, 0.5) is 4.39 Å². The Morgan fingerprint density at radius 1 is 0.971 bits per heavy atom. The summed E-state index contributed by atoms with van der Waals surface area (Å²) in [5.74, 6) is -0.225. The fourth-order valence-corrected chi connectivity index (χ4v) is 5.55. The molecule has 0 radical (unpaired) electrons. The van der Waals surface area contributed by atoms with Gasteiger partial charge in [0, 0.05) is 23.2 Å². The van der Waals surface area contributed by atoms with Crippen molar-refractivity contribution in [2.75, 3.05) is 13.2 Å². The second-order valence-corrected chi connectivity index (χ2v) is 9.74. The average Bonchev–Trinajstić information content (AvgIpc) is 2.86. The molecule has 5 rings (SSSR count). The van der Waals surface area contributed by atoms with E-state index in [1.807, 2.05) is 19.1 Å². The van der Waals surface area contributed by atoms with Gasteiger partial charge in [-0.15, -0.1) is 0 Å². The first-order chi connectivity index (χ1) is 16.4. The summed E-state index contributed by atoms with van der Waals surface area (Å²) in [6.45, 7) is 2.68. The van der Waals surface area contributed by atoms with Crippen LogP contribution in [-0.2, 0) is 16.3 Å². The van der Waals surface area contributed by atoms with Crippen molar-refractivity contribution >= 4 is 26.5 Å². The molecular formula is C26H20FNO5S. The van der Waals surface area contributed by atoms with Crippen molar-refractivity contribution in [1.82, 2.24) is 4.98 Å². The molecule has 2 heterocycles. The zero-order valence-corrected chi connectivity index (χ0v) is 19.1. The van der Waals surface area contributed by atoms with Crippen molar-refractivity contribution in [1.29, 1.82) is 0 Å². The maximum absolute atomic E-state index is 13.8. The van der Waals surface area contributed by atoms with E-state index in [0.717, 1.165) is 24.1 Å². The highest BCUT2D eigenvalue weighted by Crippen LogP contribution is 2.39. The van der Waals surface area contributed by atoms with Gasteiger partial charge in [-0.1, -0.05) is 31.2 Å². The highest BCUT2D eigenvalue weighted by Gasteiger charge is 2.30. The third-order valence-electron chi connectivity index (χ3n) is 5.74. The van der Waals surface area contributed by atoms with Crippen LogP contribution in [0.25, 0.3) is 10.9 Å². The molecule has 0 N–H and O–H groups in total. The number of rotatable bonds is 5. The molecule has 1 aliphatic heterocycles. The molecule has 0 spiro atoms. The topological polar surface area (TPSA) is 82.6 Å². The maximum atomic E-state index is 13.8. The lowest BCUT2D eigenvalue weighted by Crippen LogP contribution is -2.16. The van der Waals surface area contributed by atoms with Gasteiger partial charge in [0.2, 0.25) is 9.84 Å². The molecule has 0 fully saturated rings. The summed E-state index contributed by atoms with van der Waals surface area (Å²) in [5.41, 5.74) is 1.66. The number of ether oxygens (including phenoxy) is 2. The van der Waals surface area contributed by atoms with Gasteiger partial charge in [-0.2, -0.15) is 0 Å². The normalized spacial score (nSPS) is 13.1. The van der Waals surface area contributed by atoms with Crippen LogP contribution in [0.5, 0.6) is 11.5 Å². The Hall–Kier alpha value is -3.78. The quantitative estimate of drug-likeness (QED) is 0.304. The number of hydrogen-bond acceptors (Lipinski definition) is 6. The molecule has 4 aromatic rings. The minimum atomic E-state index is -4.23. The molecule has 0 amide bonds. The number of carbonyl (C=O) groups is 1. The van der Waals surface area contributed by atoms with Crippen LogP contribution in [0.3, 0.4) is 0 Å². The van der Waals surface area contributed by atoms with E-state index in [1.54, 1.807) is 18.2 Å². The summed E-state index contributed by atoms with van der Waals surface area (Å²) >= 11 is 0. The van der Waals surface area contributed by atoms with Crippen LogP contribution in [0, 0.1) is 5.82 Å². The third kappa shape index (κ3) is 3.80. The fourth-order valence-electron chi connectivity index (χ4n) is 3.93. The number of ketones is 1. The summed E-state index contributed by atoms with van der Waals surface area (Å²) in [4.78, 5) is 17.5. The maximum Gasteiger partial charge on any atom is 0.208 e. The number of fused-ring (bicyclic) bond motifs is 2. The Morgan fingerprint density at radius 3 is 2.26 bits per heavy atom. The molecular weight excluding hydrogens is 457 g/mol. The van der Waals surface area contributed by atoms with Crippen molar-refractivity contribution in [2.24, 2.45) is 0 Å². The van der Waals surface area contributed by atoms with Gasteiger partial charge in [0.05, 0.1) is 20.9 Å². The van der Waals surface area contributed by atoms with Crippen LogP contribution in [-0.4, -0.2) is 32.4 Å². The van der Waals surface area contributed by atoms with Crippen molar-refractivity contribution in [3.63, 3.8) is 0 Å². The third-order valence-corrected chi connectivity index (χ3v) is 7.61. The van der Waals surface area contributed by atoms with Crippen LogP contribution in [0.1, 0.15) is 28.4 Å². The second-order valence-electron chi connectivity index (χ2n) is 7.85. The van der Waals surface area contributed by atoms with Crippen molar-refractivity contribution in [2.45, 2.75) is 23.1 Å². The predicted molar refractivity (Wildman–Crippen MR) is 124 cm³/mol. The number of benzene rings is 3. The van der Waals surface area contributed by atoms with E-state index < -0.39 is 21.4 Å². The van der Waals surface area contributed by atoms with Crippen molar-refractivity contribution in [3.05, 3.63) is 89.4 Å². The molecule has 172 valence electrons. The summed E-state index contributed by atoms with van der Waals surface area (Å²) in [5, 5.41) is 0.226. The van der Waals surface area contributed by atoms with E-state index in [0.29, 0.717) is 35.8 Å². The van der Waals surface area contributed by atoms with E-state index in [-0.39, 0.29) is 20.7 Å². The molecule has 0 saturated heterocycles. The van der Waals surface area contributed by atoms with Gasteiger partial charge in [-0.05, 0) is 42.3 Å². The second kappa shape index (κ2) is 8.53. The first-order valence-electron chi connectivity index (χ1n) is 10.7. The number of halogens is 1. The molecule has 6 nitrogen and oxygen atoms in total. The van der Waals surface area contributed by atoms with E-state index in [4.69, 9.17) is 9.47 Å². The van der Waals surface area contributed by atoms with Crippen molar-refractivity contribution in [3.8, 4) is 11.5 Å². The number of carbonyl (C=O) groups excluding carboxylic acids is 1. The Morgan fingerprint density at radius 2 is 1.62 bits per heavy atom. The Labute approximate surface area is 195 Å². The van der Waals surface area contributed by atoms with Crippen LogP contribution < -0.4 is 9.47 Å². The van der Waals surface area contributed by atoms with Crippen LogP contribution >= 0.6 is 0 Å². The molecule has 1 aromatic heterocycles. The van der Waals surface area contributed by atoms with Gasteiger partial charge in [-0.25, -0.2) is 12.8 Å².